The predicted octanol–water partition coefficient (Wildman–Crippen LogP) is 3.79. The summed E-state index contributed by atoms with van der Waals surface area (Å²) in [5.74, 6) is 0.873. The number of aryl methyl sites for hydroxylation is 1. The fourth-order valence-corrected chi connectivity index (χ4v) is 2.89. The van der Waals surface area contributed by atoms with Gasteiger partial charge in [-0.05, 0) is 43.4 Å². The molecule has 2 rings (SSSR count). The first-order valence-electron chi connectivity index (χ1n) is 7.23. The predicted molar refractivity (Wildman–Crippen MR) is 80.2 cm³/mol. The van der Waals surface area contributed by atoms with Crippen LogP contribution < -0.4 is 11.1 Å². The highest BCUT2D eigenvalue weighted by atomic mass is 16.1. The number of hydrogen-bond donors (Lipinski definition) is 2. The number of rotatable bonds is 4. The number of hydrogen-bond acceptors (Lipinski definition) is 2. The van der Waals surface area contributed by atoms with Crippen LogP contribution in [0.4, 0.5) is 11.4 Å². The maximum atomic E-state index is 12.0. The molecular formula is C16H24N2O. The summed E-state index contributed by atoms with van der Waals surface area (Å²) in [7, 11) is 0. The van der Waals surface area contributed by atoms with Crippen LogP contribution in [0.3, 0.4) is 0 Å². The lowest BCUT2D eigenvalue weighted by Gasteiger charge is -2.14. The van der Waals surface area contributed by atoms with Gasteiger partial charge in [0.15, 0.2) is 0 Å². The number of nitrogens with one attached hydrogen (secondary N) is 1. The summed E-state index contributed by atoms with van der Waals surface area (Å²) in [5.41, 5.74) is 9.54. The highest BCUT2D eigenvalue weighted by Gasteiger charge is 2.17. The van der Waals surface area contributed by atoms with Gasteiger partial charge in [-0.15, -0.1) is 0 Å². The Morgan fingerprint density at radius 2 is 2.00 bits per heavy atom. The molecule has 0 radical (unpaired) electrons. The zero-order valence-electron chi connectivity index (χ0n) is 12.0. The zero-order chi connectivity index (χ0) is 13.8. The number of nitrogens with two attached hydrogens (primary N) is 1. The summed E-state index contributed by atoms with van der Waals surface area (Å²) in [6.45, 7) is 3.95. The van der Waals surface area contributed by atoms with E-state index in [1.807, 2.05) is 26.0 Å². The molecule has 0 aromatic heterocycles. The number of carbonyl (C=O) groups is 1. The van der Waals surface area contributed by atoms with E-state index in [2.05, 4.69) is 5.32 Å². The molecule has 1 saturated carbocycles. The monoisotopic (exact) mass is 260 g/mol. The lowest BCUT2D eigenvalue weighted by molar-refractivity contribution is -0.116. The van der Waals surface area contributed by atoms with Crippen molar-refractivity contribution in [2.24, 2.45) is 5.92 Å². The van der Waals surface area contributed by atoms with Gasteiger partial charge in [-0.1, -0.05) is 31.7 Å². The van der Waals surface area contributed by atoms with Crippen LogP contribution in [0, 0.1) is 19.8 Å². The lowest BCUT2D eigenvalue weighted by atomic mass is 10.0. The molecule has 3 heteroatoms. The molecule has 0 heterocycles. The maximum Gasteiger partial charge on any atom is 0.224 e. The molecule has 1 aromatic rings. The number of amides is 1. The van der Waals surface area contributed by atoms with E-state index in [4.69, 9.17) is 5.73 Å². The van der Waals surface area contributed by atoms with Gasteiger partial charge in [0, 0.05) is 17.8 Å². The topological polar surface area (TPSA) is 55.1 Å². The van der Waals surface area contributed by atoms with Gasteiger partial charge in [0.1, 0.15) is 0 Å². The summed E-state index contributed by atoms with van der Waals surface area (Å²) >= 11 is 0. The first-order chi connectivity index (χ1) is 9.08. The van der Waals surface area contributed by atoms with Crippen LogP contribution in [-0.4, -0.2) is 5.91 Å². The van der Waals surface area contributed by atoms with Crippen molar-refractivity contribution in [3.63, 3.8) is 0 Å². The van der Waals surface area contributed by atoms with Gasteiger partial charge >= 0.3 is 0 Å². The van der Waals surface area contributed by atoms with Crippen molar-refractivity contribution >= 4 is 17.3 Å². The highest BCUT2D eigenvalue weighted by Crippen LogP contribution is 2.29. The number of benzene rings is 1. The SMILES string of the molecule is Cc1ccc(N)c(C)c1NC(=O)CCC1CCCC1. The molecule has 3 N–H and O–H groups in total. The Bertz CT molecular complexity index is 462. The van der Waals surface area contributed by atoms with Crippen LogP contribution >= 0.6 is 0 Å². The third-order valence-corrected chi connectivity index (χ3v) is 4.23. The van der Waals surface area contributed by atoms with Crippen LogP contribution in [-0.2, 0) is 4.79 Å². The van der Waals surface area contributed by atoms with Crippen LogP contribution in [0.15, 0.2) is 12.1 Å². The second-order valence-corrected chi connectivity index (χ2v) is 5.71. The molecule has 0 saturated heterocycles. The van der Waals surface area contributed by atoms with Crippen LogP contribution in [0.1, 0.15) is 49.7 Å². The Hall–Kier alpha value is -1.51. The fraction of sp³-hybridized carbons (Fsp3) is 0.562. The molecule has 0 unspecified atom stereocenters. The van der Waals surface area contributed by atoms with Gasteiger partial charge in [-0.2, -0.15) is 0 Å². The van der Waals surface area contributed by atoms with Gasteiger partial charge < -0.3 is 11.1 Å². The standard InChI is InChI=1S/C16H24N2O/c1-11-7-9-14(17)12(2)16(11)18-15(19)10-8-13-5-3-4-6-13/h7,9,13H,3-6,8,10,17H2,1-2H3,(H,18,19). The van der Waals surface area contributed by atoms with Gasteiger partial charge in [0.25, 0.3) is 0 Å². The van der Waals surface area contributed by atoms with Crippen LogP contribution in [0.2, 0.25) is 0 Å². The van der Waals surface area contributed by atoms with Gasteiger partial charge in [0.2, 0.25) is 5.91 Å². The second-order valence-electron chi connectivity index (χ2n) is 5.71. The van der Waals surface area contributed by atoms with E-state index in [-0.39, 0.29) is 5.91 Å². The Morgan fingerprint density at radius 1 is 1.32 bits per heavy atom. The third-order valence-electron chi connectivity index (χ3n) is 4.23. The molecule has 1 aliphatic carbocycles. The number of anilines is 2. The van der Waals surface area contributed by atoms with Crippen molar-refractivity contribution in [2.45, 2.75) is 52.4 Å². The van der Waals surface area contributed by atoms with E-state index in [0.717, 1.165) is 34.8 Å². The maximum absolute atomic E-state index is 12.0. The molecule has 19 heavy (non-hydrogen) atoms. The second kappa shape index (κ2) is 6.09. The molecule has 0 aliphatic heterocycles. The first kappa shape index (κ1) is 13.9. The normalized spacial score (nSPS) is 15.7. The Balaban J connectivity index is 1.93. The van der Waals surface area contributed by atoms with E-state index >= 15 is 0 Å². The Labute approximate surface area is 115 Å². The minimum absolute atomic E-state index is 0.115. The fourth-order valence-electron chi connectivity index (χ4n) is 2.89. The van der Waals surface area contributed by atoms with Gasteiger partial charge in [-0.3, -0.25) is 4.79 Å². The van der Waals surface area contributed by atoms with Crippen molar-refractivity contribution in [3.8, 4) is 0 Å². The average Bonchev–Trinajstić information content (AvgIpc) is 2.90. The molecule has 1 aromatic carbocycles. The lowest BCUT2D eigenvalue weighted by Crippen LogP contribution is -2.15. The van der Waals surface area contributed by atoms with Gasteiger partial charge in [-0.25, -0.2) is 0 Å². The minimum Gasteiger partial charge on any atom is -0.398 e. The molecule has 0 bridgehead atoms. The van der Waals surface area contributed by atoms with E-state index in [9.17, 15) is 4.79 Å². The smallest absolute Gasteiger partial charge is 0.224 e. The van der Waals surface area contributed by atoms with Crippen molar-refractivity contribution < 1.29 is 4.79 Å². The van der Waals surface area contributed by atoms with Crippen LogP contribution in [0.5, 0.6) is 0 Å². The van der Waals surface area contributed by atoms with Crippen molar-refractivity contribution in [2.75, 3.05) is 11.1 Å². The molecule has 0 atom stereocenters. The van der Waals surface area contributed by atoms with Gasteiger partial charge in [0.05, 0.1) is 0 Å². The number of carbonyl (C=O) groups excluding carboxylic acids is 1. The van der Waals surface area contributed by atoms with Crippen molar-refractivity contribution in [3.05, 3.63) is 23.3 Å². The quantitative estimate of drug-likeness (QED) is 0.809. The van der Waals surface area contributed by atoms with E-state index in [1.165, 1.54) is 25.7 Å². The first-order valence-corrected chi connectivity index (χ1v) is 7.23. The summed E-state index contributed by atoms with van der Waals surface area (Å²) < 4.78 is 0. The van der Waals surface area contributed by atoms with Crippen molar-refractivity contribution in [1.29, 1.82) is 0 Å². The Morgan fingerprint density at radius 3 is 2.68 bits per heavy atom. The van der Waals surface area contributed by atoms with Crippen LogP contribution in [0.25, 0.3) is 0 Å². The third kappa shape index (κ3) is 3.49. The zero-order valence-corrected chi connectivity index (χ0v) is 12.0. The number of nitrogen functional groups attached to an aromatic ring is 1. The summed E-state index contributed by atoms with van der Waals surface area (Å²) in [6.07, 6.45) is 6.90. The molecule has 1 fully saturated rings. The van der Waals surface area contributed by atoms with Crippen molar-refractivity contribution in [1.82, 2.24) is 0 Å². The summed E-state index contributed by atoms with van der Waals surface area (Å²) in [5, 5.41) is 3.02. The summed E-state index contributed by atoms with van der Waals surface area (Å²) in [4.78, 5) is 12.0. The minimum atomic E-state index is 0.115. The van der Waals surface area contributed by atoms with E-state index < -0.39 is 0 Å². The Kier molecular flexibility index (Phi) is 4.46. The molecule has 1 amide bonds. The summed E-state index contributed by atoms with van der Waals surface area (Å²) in [6, 6.07) is 3.84. The molecule has 1 aliphatic rings. The van der Waals surface area contributed by atoms with E-state index in [1.54, 1.807) is 0 Å². The highest BCUT2D eigenvalue weighted by molar-refractivity contribution is 5.93. The molecule has 104 valence electrons. The largest absolute Gasteiger partial charge is 0.398 e. The van der Waals surface area contributed by atoms with E-state index in [0.29, 0.717) is 6.42 Å². The molecule has 0 spiro atoms. The molecule has 3 nitrogen and oxygen atoms in total. The average molecular weight is 260 g/mol. The molecular weight excluding hydrogens is 236 g/mol.